The maximum Gasteiger partial charge on any atom is 0.261 e. The number of thiophene rings is 1. The van der Waals surface area contributed by atoms with Gasteiger partial charge < -0.3 is 18.9 Å². The zero-order valence-corrected chi connectivity index (χ0v) is 25.5. The fourth-order valence-corrected chi connectivity index (χ4v) is 8.29. The maximum absolute atomic E-state index is 13.2. The summed E-state index contributed by atoms with van der Waals surface area (Å²) in [5, 5.41) is 1.81. The van der Waals surface area contributed by atoms with Gasteiger partial charge in [0.15, 0.2) is 0 Å². The van der Waals surface area contributed by atoms with Crippen LogP contribution >= 0.6 is 11.3 Å². The Hall–Kier alpha value is -2.49. The number of anilines is 1. The average molecular weight is 562 g/mol. The van der Waals surface area contributed by atoms with E-state index in [1.807, 2.05) is 6.33 Å². The molecule has 2 radical (unpaired) electrons. The Morgan fingerprint density at radius 2 is 1.85 bits per heavy atom. The summed E-state index contributed by atoms with van der Waals surface area (Å²) in [6.07, 6.45) is 12.0. The van der Waals surface area contributed by atoms with Crippen LogP contribution in [0.25, 0.3) is 32.4 Å². The first-order valence-electron chi connectivity index (χ1n) is 14.3. The summed E-state index contributed by atoms with van der Waals surface area (Å²) in [7, 11) is 0.410. The third-order valence-electron chi connectivity index (χ3n) is 8.22. The van der Waals surface area contributed by atoms with Gasteiger partial charge >= 0.3 is 0 Å². The predicted octanol–water partition coefficient (Wildman–Crippen LogP) is 7.11. The van der Waals surface area contributed by atoms with Gasteiger partial charge in [-0.2, -0.15) is 0 Å². The molecule has 2 aliphatic rings. The van der Waals surface area contributed by atoms with Crippen molar-refractivity contribution in [2.75, 3.05) is 11.4 Å². The highest BCUT2D eigenvalue weighted by Crippen LogP contribution is 2.46. The van der Waals surface area contributed by atoms with Gasteiger partial charge in [0.05, 0.1) is 45.7 Å². The van der Waals surface area contributed by atoms with Crippen LogP contribution in [-0.4, -0.2) is 47.5 Å². The summed E-state index contributed by atoms with van der Waals surface area (Å²) < 4.78 is 8.91. The van der Waals surface area contributed by atoms with E-state index in [1.165, 1.54) is 43.9 Å². The van der Waals surface area contributed by atoms with Crippen molar-refractivity contribution in [1.82, 2.24) is 19.5 Å². The quantitative estimate of drug-likeness (QED) is 0.254. The van der Waals surface area contributed by atoms with Gasteiger partial charge in [0, 0.05) is 12.6 Å². The molecule has 39 heavy (non-hydrogen) atoms. The van der Waals surface area contributed by atoms with Gasteiger partial charge in [0.2, 0.25) is 9.76 Å². The maximum atomic E-state index is 13.2. The number of benzene rings is 1. The van der Waals surface area contributed by atoms with E-state index in [2.05, 4.69) is 67.3 Å². The van der Waals surface area contributed by atoms with E-state index in [4.69, 9.17) is 14.4 Å². The number of aromatic amines is 1. The molecule has 9 heteroatoms. The fourth-order valence-electron chi connectivity index (χ4n) is 6.27. The van der Waals surface area contributed by atoms with Crippen LogP contribution in [0.4, 0.5) is 5.00 Å². The molecule has 7 nitrogen and oxygen atoms in total. The number of H-pyrrole nitrogens is 1. The van der Waals surface area contributed by atoms with Crippen molar-refractivity contribution in [2.24, 2.45) is 0 Å². The van der Waals surface area contributed by atoms with E-state index in [9.17, 15) is 4.79 Å². The van der Waals surface area contributed by atoms with Gasteiger partial charge in [-0.15, -0.1) is 11.3 Å². The smallest absolute Gasteiger partial charge is 0.261 e. The molecule has 1 saturated carbocycles. The SMILES string of the molecule is CC(C)(C)[Si]OC(C)(C)[C@H]1CCCN1c1sc(-c2ccc3c(c2)ncn3C2CCCCC2)c2nc[nH]c(=O)c12. The van der Waals surface area contributed by atoms with Crippen LogP contribution < -0.4 is 10.5 Å². The minimum atomic E-state index is -0.335. The molecular formula is C30H39N5O2SSi. The number of imidazole rings is 1. The van der Waals surface area contributed by atoms with E-state index < -0.39 is 0 Å². The van der Waals surface area contributed by atoms with Crippen molar-refractivity contribution < 1.29 is 4.43 Å². The van der Waals surface area contributed by atoms with Crippen LogP contribution in [0.2, 0.25) is 5.04 Å². The summed E-state index contributed by atoms with van der Waals surface area (Å²) in [6, 6.07) is 7.29. The van der Waals surface area contributed by atoms with Crippen molar-refractivity contribution in [3.05, 3.63) is 41.2 Å². The lowest BCUT2D eigenvalue weighted by Gasteiger charge is -2.39. The van der Waals surface area contributed by atoms with Crippen molar-refractivity contribution >= 4 is 48.0 Å². The van der Waals surface area contributed by atoms with E-state index in [0.717, 1.165) is 45.9 Å². The fraction of sp³-hybridized carbons (Fsp3) is 0.567. The standard InChI is InChI=1S/C30H39N5O2SSi/c1-29(2,3)39-37-30(4,5)23-12-9-15-34(23)28-24-25(31-17-32-27(24)36)26(38-28)19-13-14-22-21(16-19)33-18-35(22)20-10-7-6-8-11-20/h13-14,16-18,20,23H,6-12,15H2,1-5H3,(H,31,32,36)/t23-/m1/s1. The molecule has 1 N–H and O–H groups in total. The second kappa shape index (κ2) is 10.2. The van der Waals surface area contributed by atoms with Crippen molar-refractivity contribution in [3.63, 3.8) is 0 Å². The molecule has 4 heterocycles. The Labute approximate surface area is 236 Å². The molecule has 0 amide bonds. The molecule has 2 fully saturated rings. The Balaban J connectivity index is 1.39. The van der Waals surface area contributed by atoms with E-state index >= 15 is 0 Å². The second-order valence-corrected chi connectivity index (χ2v) is 15.7. The number of fused-ring (bicyclic) bond motifs is 2. The van der Waals surface area contributed by atoms with E-state index in [0.29, 0.717) is 21.2 Å². The Bertz CT molecular complexity index is 1540. The number of nitrogens with zero attached hydrogens (tertiary/aromatic N) is 4. The molecule has 0 bridgehead atoms. The second-order valence-electron chi connectivity index (χ2n) is 12.7. The highest BCUT2D eigenvalue weighted by atomic mass is 32.1. The van der Waals surface area contributed by atoms with Crippen LogP contribution in [-0.2, 0) is 4.43 Å². The lowest BCUT2D eigenvalue weighted by Crippen LogP contribution is -2.49. The summed E-state index contributed by atoms with van der Waals surface area (Å²) in [6.45, 7) is 12.0. The lowest BCUT2D eigenvalue weighted by atomic mass is 9.95. The Morgan fingerprint density at radius 3 is 2.62 bits per heavy atom. The van der Waals surface area contributed by atoms with Gasteiger partial charge in [-0.05, 0) is 62.3 Å². The topological polar surface area (TPSA) is 76.0 Å². The summed E-state index contributed by atoms with van der Waals surface area (Å²) >= 11 is 1.68. The number of hydrogen-bond donors (Lipinski definition) is 1. The first kappa shape index (κ1) is 26.7. The zero-order chi connectivity index (χ0) is 27.4. The zero-order valence-electron chi connectivity index (χ0n) is 23.7. The average Bonchev–Trinajstić information content (AvgIpc) is 3.64. The van der Waals surface area contributed by atoms with E-state index in [1.54, 1.807) is 11.3 Å². The van der Waals surface area contributed by atoms with Crippen molar-refractivity contribution in [3.8, 4) is 10.4 Å². The summed E-state index contributed by atoms with van der Waals surface area (Å²) in [5.41, 5.74) is 3.61. The lowest BCUT2D eigenvalue weighted by molar-refractivity contribution is 0.0814. The van der Waals surface area contributed by atoms with Crippen LogP contribution in [0.3, 0.4) is 0 Å². The van der Waals surface area contributed by atoms with Crippen molar-refractivity contribution in [1.29, 1.82) is 0 Å². The number of rotatable bonds is 6. The largest absolute Gasteiger partial charge is 0.410 e. The third-order valence-corrected chi connectivity index (χ3v) is 10.7. The van der Waals surface area contributed by atoms with Gasteiger partial charge in [0.25, 0.3) is 5.56 Å². The van der Waals surface area contributed by atoms with Crippen molar-refractivity contribution in [2.45, 2.75) is 102 Å². The molecule has 1 aliphatic carbocycles. The highest BCUT2D eigenvalue weighted by molar-refractivity contribution is 7.21. The molecule has 1 saturated heterocycles. The molecule has 6 rings (SSSR count). The van der Waals surface area contributed by atoms with Crippen LogP contribution in [0.5, 0.6) is 0 Å². The van der Waals surface area contributed by atoms with Crippen LogP contribution in [0, 0.1) is 0 Å². The molecule has 3 aromatic heterocycles. The minimum absolute atomic E-state index is 0.0823. The molecule has 1 aliphatic heterocycles. The molecule has 206 valence electrons. The molecule has 4 aromatic rings. The van der Waals surface area contributed by atoms with Crippen LogP contribution in [0.15, 0.2) is 35.6 Å². The Morgan fingerprint density at radius 1 is 1.05 bits per heavy atom. The predicted molar refractivity (Wildman–Crippen MR) is 162 cm³/mol. The van der Waals surface area contributed by atoms with Gasteiger partial charge in [-0.1, -0.05) is 46.1 Å². The normalized spacial score (nSPS) is 19.5. The molecule has 1 aromatic carbocycles. The third kappa shape index (κ3) is 5.09. The van der Waals surface area contributed by atoms with Gasteiger partial charge in [-0.25, -0.2) is 9.97 Å². The molecule has 0 unspecified atom stereocenters. The molecule has 1 atom stereocenters. The summed E-state index contributed by atoms with van der Waals surface area (Å²) in [4.78, 5) is 29.0. The first-order valence-corrected chi connectivity index (χ1v) is 16.0. The van der Waals surface area contributed by atoms with E-state index in [-0.39, 0.29) is 22.2 Å². The molecule has 0 spiro atoms. The molecular weight excluding hydrogens is 523 g/mol. The van der Waals surface area contributed by atoms with Crippen LogP contribution in [0.1, 0.15) is 85.6 Å². The Kier molecular flexibility index (Phi) is 6.96. The number of hydrogen-bond acceptors (Lipinski definition) is 6. The highest BCUT2D eigenvalue weighted by Gasteiger charge is 2.41. The number of aromatic nitrogens is 4. The minimum Gasteiger partial charge on any atom is -0.410 e. The monoisotopic (exact) mass is 561 g/mol. The van der Waals surface area contributed by atoms with Gasteiger partial charge in [-0.3, -0.25) is 4.79 Å². The van der Waals surface area contributed by atoms with Gasteiger partial charge in [0.1, 0.15) is 10.4 Å². The summed E-state index contributed by atoms with van der Waals surface area (Å²) in [5.74, 6) is 0. The first-order chi connectivity index (χ1) is 18.6. The number of nitrogens with one attached hydrogen (secondary N) is 1.